The molecule has 0 aliphatic carbocycles. The largest absolute Gasteiger partial charge is 0.389 e. The topological polar surface area (TPSA) is 57.8 Å². The Morgan fingerprint density at radius 3 is 2.46 bits per heavy atom. The number of fused-ring (bicyclic) bond motifs is 2. The maximum Gasteiger partial charge on any atom is 0.259 e. The highest BCUT2D eigenvalue weighted by Crippen LogP contribution is 2.27. The van der Waals surface area contributed by atoms with Gasteiger partial charge in [0.05, 0.1) is 6.10 Å². The van der Waals surface area contributed by atoms with Gasteiger partial charge in [0.2, 0.25) is 0 Å². The SMILES string of the molecule is Cc1cc(C(C)O)c2nc(N3Cc4ccccc4C3)cc(=O)n2c1. The fraction of sp³-hybridized carbons (Fsp3) is 0.263. The van der Waals surface area contributed by atoms with E-state index in [1.54, 1.807) is 19.2 Å². The van der Waals surface area contributed by atoms with E-state index in [0.717, 1.165) is 18.7 Å². The standard InChI is InChI=1S/C19H19N3O2/c1-12-7-16(13(2)23)19-20-17(8-18(24)22(19)9-12)21-10-14-5-3-4-6-15(14)11-21/h3-9,13,23H,10-11H2,1-2H3. The van der Waals surface area contributed by atoms with Gasteiger partial charge in [0.25, 0.3) is 5.56 Å². The third-order valence-corrected chi connectivity index (χ3v) is 4.53. The predicted octanol–water partition coefficient (Wildman–Crippen LogP) is 2.58. The van der Waals surface area contributed by atoms with E-state index >= 15 is 0 Å². The highest BCUT2D eigenvalue weighted by molar-refractivity contribution is 5.56. The lowest BCUT2D eigenvalue weighted by molar-refractivity contribution is 0.200. The molecule has 0 radical (unpaired) electrons. The van der Waals surface area contributed by atoms with Gasteiger partial charge in [0.15, 0.2) is 0 Å². The van der Waals surface area contributed by atoms with Gasteiger partial charge in [-0.3, -0.25) is 9.20 Å². The molecular weight excluding hydrogens is 302 g/mol. The van der Waals surface area contributed by atoms with Gasteiger partial charge >= 0.3 is 0 Å². The summed E-state index contributed by atoms with van der Waals surface area (Å²) in [5.74, 6) is 0.655. The Hall–Kier alpha value is -2.66. The second kappa shape index (κ2) is 5.46. The molecule has 1 aliphatic heterocycles. The molecule has 5 heteroatoms. The van der Waals surface area contributed by atoms with E-state index in [9.17, 15) is 9.90 Å². The summed E-state index contributed by atoms with van der Waals surface area (Å²) in [7, 11) is 0. The van der Waals surface area contributed by atoms with Crippen LogP contribution >= 0.6 is 0 Å². The van der Waals surface area contributed by atoms with Crippen molar-refractivity contribution in [3.05, 3.63) is 75.2 Å². The van der Waals surface area contributed by atoms with E-state index in [1.807, 2.05) is 25.1 Å². The molecule has 2 aromatic heterocycles. The van der Waals surface area contributed by atoms with Crippen molar-refractivity contribution in [3.63, 3.8) is 0 Å². The van der Waals surface area contributed by atoms with Crippen LogP contribution in [0.25, 0.3) is 5.65 Å². The zero-order chi connectivity index (χ0) is 16.8. The molecular formula is C19H19N3O2. The van der Waals surface area contributed by atoms with Crippen molar-refractivity contribution in [2.45, 2.75) is 33.0 Å². The maximum absolute atomic E-state index is 12.6. The third kappa shape index (κ3) is 2.37. The van der Waals surface area contributed by atoms with Crippen LogP contribution in [0.3, 0.4) is 0 Å². The summed E-state index contributed by atoms with van der Waals surface area (Å²) < 4.78 is 1.52. The number of aliphatic hydroxyl groups is 1. The Kier molecular flexibility index (Phi) is 3.39. The number of pyridine rings is 1. The molecule has 3 heterocycles. The molecule has 0 spiro atoms. The normalized spacial score (nSPS) is 14.9. The number of aryl methyl sites for hydroxylation is 1. The fourth-order valence-corrected chi connectivity index (χ4v) is 3.32. The predicted molar refractivity (Wildman–Crippen MR) is 93.2 cm³/mol. The number of rotatable bonds is 2. The Morgan fingerprint density at radius 2 is 1.83 bits per heavy atom. The molecule has 4 rings (SSSR count). The molecule has 1 N–H and O–H groups in total. The van der Waals surface area contributed by atoms with Crippen LogP contribution < -0.4 is 10.5 Å². The molecule has 3 aromatic rings. The third-order valence-electron chi connectivity index (χ3n) is 4.53. The molecule has 1 aromatic carbocycles. The zero-order valence-electron chi connectivity index (χ0n) is 13.7. The molecule has 24 heavy (non-hydrogen) atoms. The van der Waals surface area contributed by atoms with Crippen molar-refractivity contribution < 1.29 is 5.11 Å². The van der Waals surface area contributed by atoms with Crippen molar-refractivity contribution in [1.29, 1.82) is 0 Å². The van der Waals surface area contributed by atoms with Crippen LogP contribution in [0.15, 0.2) is 47.4 Å². The first kappa shape index (κ1) is 14.9. The number of anilines is 1. The van der Waals surface area contributed by atoms with Crippen molar-refractivity contribution in [2.75, 3.05) is 4.90 Å². The van der Waals surface area contributed by atoms with E-state index in [0.29, 0.717) is 17.0 Å². The van der Waals surface area contributed by atoms with Crippen LogP contribution in [-0.2, 0) is 13.1 Å². The molecule has 0 amide bonds. The average Bonchev–Trinajstić information content (AvgIpc) is 2.98. The van der Waals surface area contributed by atoms with Crippen LogP contribution in [0.5, 0.6) is 0 Å². The monoisotopic (exact) mass is 321 g/mol. The number of hydrogen-bond acceptors (Lipinski definition) is 4. The fourth-order valence-electron chi connectivity index (χ4n) is 3.32. The first-order chi connectivity index (χ1) is 11.5. The van der Waals surface area contributed by atoms with Crippen LogP contribution in [0.4, 0.5) is 5.82 Å². The Morgan fingerprint density at radius 1 is 1.17 bits per heavy atom. The minimum Gasteiger partial charge on any atom is -0.389 e. The Labute approximate surface area is 139 Å². The molecule has 5 nitrogen and oxygen atoms in total. The van der Waals surface area contributed by atoms with E-state index in [1.165, 1.54) is 15.5 Å². The summed E-state index contributed by atoms with van der Waals surface area (Å²) in [4.78, 5) is 19.4. The van der Waals surface area contributed by atoms with E-state index in [4.69, 9.17) is 4.98 Å². The minimum atomic E-state index is -0.683. The molecule has 1 atom stereocenters. The maximum atomic E-state index is 12.6. The van der Waals surface area contributed by atoms with E-state index in [2.05, 4.69) is 17.0 Å². The van der Waals surface area contributed by atoms with Crippen LogP contribution in [0.1, 0.15) is 35.3 Å². The first-order valence-electron chi connectivity index (χ1n) is 8.06. The quantitative estimate of drug-likeness (QED) is 0.788. The summed E-state index contributed by atoms with van der Waals surface area (Å²) >= 11 is 0. The molecule has 1 unspecified atom stereocenters. The van der Waals surface area contributed by atoms with Crippen LogP contribution in [0, 0.1) is 6.92 Å². The molecule has 0 fully saturated rings. The molecule has 122 valence electrons. The molecule has 1 aliphatic rings. The lowest BCUT2D eigenvalue weighted by Gasteiger charge is -2.18. The van der Waals surface area contributed by atoms with Gasteiger partial charge < -0.3 is 10.0 Å². The Balaban J connectivity index is 1.85. The van der Waals surface area contributed by atoms with Gasteiger partial charge in [-0.2, -0.15) is 0 Å². The molecule has 0 bridgehead atoms. The van der Waals surface area contributed by atoms with Gasteiger partial charge in [0, 0.05) is 30.9 Å². The summed E-state index contributed by atoms with van der Waals surface area (Å²) in [6, 6.07) is 11.7. The van der Waals surface area contributed by atoms with Crippen molar-refractivity contribution in [2.24, 2.45) is 0 Å². The highest BCUT2D eigenvalue weighted by atomic mass is 16.3. The summed E-state index contributed by atoms with van der Waals surface area (Å²) in [6.07, 6.45) is 1.08. The molecule has 0 saturated heterocycles. The van der Waals surface area contributed by atoms with Crippen LogP contribution in [-0.4, -0.2) is 14.5 Å². The van der Waals surface area contributed by atoms with Crippen molar-refractivity contribution >= 4 is 11.5 Å². The van der Waals surface area contributed by atoms with Crippen molar-refractivity contribution in [3.8, 4) is 0 Å². The summed E-state index contributed by atoms with van der Waals surface area (Å²) in [5, 5.41) is 10.1. The molecule has 0 saturated carbocycles. The lowest BCUT2D eigenvalue weighted by atomic mass is 10.1. The first-order valence-corrected chi connectivity index (χ1v) is 8.06. The van der Waals surface area contributed by atoms with Gasteiger partial charge in [-0.15, -0.1) is 0 Å². The average molecular weight is 321 g/mol. The second-order valence-corrected chi connectivity index (χ2v) is 6.42. The van der Waals surface area contributed by atoms with Gasteiger partial charge in [-0.1, -0.05) is 24.3 Å². The second-order valence-electron chi connectivity index (χ2n) is 6.42. The van der Waals surface area contributed by atoms with Gasteiger partial charge in [0.1, 0.15) is 11.5 Å². The summed E-state index contributed by atoms with van der Waals surface area (Å²) in [5.41, 5.74) is 4.51. The highest BCUT2D eigenvalue weighted by Gasteiger charge is 2.21. The van der Waals surface area contributed by atoms with Crippen molar-refractivity contribution in [1.82, 2.24) is 9.38 Å². The van der Waals surface area contributed by atoms with Gasteiger partial charge in [-0.25, -0.2) is 4.98 Å². The smallest absolute Gasteiger partial charge is 0.259 e. The number of benzene rings is 1. The summed E-state index contributed by atoms with van der Waals surface area (Å²) in [6.45, 7) is 5.09. The number of aromatic nitrogens is 2. The van der Waals surface area contributed by atoms with Crippen LogP contribution in [0.2, 0.25) is 0 Å². The lowest BCUT2D eigenvalue weighted by Crippen LogP contribution is -2.23. The number of hydrogen-bond donors (Lipinski definition) is 1. The minimum absolute atomic E-state index is 0.128. The number of aliphatic hydroxyl groups excluding tert-OH is 1. The Bertz CT molecular complexity index is 967. The zero-order valence-corrected chi connectivity index (χ0v) is 13.7. The van der Waals surface area contributed by atoms with Gasteiger partial charge in [-0.05, 0) is 36.6 Å². The van der Waals surface area contributed by atoms with E-state index < -0.39 is 6.10 Å². The van der Waals surface area contributed by atoms with E-state index in [-0.39, 0.29) is 5.56 Å². The number of nitrogens with zero attached hydrogens (tertiary/aromatic N) is 3.